The van der Waals surface area contributed by atoms with Crippen molar-refractivity contribution in [2.24, 2.45) is 7.05 Å². The number of aromatic nitrogens is 2. The lowest BCUT2D eigenvalue weighted by Crippen LogP contribution is -2.18. The van der Waals surface area contributed by atoms with Crippen LogP contribution in [0.5, 0.6) is 0 Å². The average Bonchev–Trinajstić information content (AvgIpc) is 2.82. The Morgan fingerprint density at radius 2 is 2.30 bits per heavy atom. The Hall–Kier alpha value is -1.01. The summed E-state index contributed by atoms with van der Waals surface area (Å²) in [6.45, 7) is 2.31. The molecule has 1 heterocycles. The van der Waals surface area contributed by atoms with Crippen LogP contribution in [0.4, 0.5) is 0 Å². The molecule has 0 amide bonds. The number of nitrogens with one attached hydrogen (secondary N) is 1. The summed E-state index contributed by atoms with van der Waals surface area (Å²) in [6, 6.07) is 5.94. The molecule has 0 aliphatic heterocycles. The van der Waals surface area contributed by atoms with Gasteiger partial charge in [-0.15, -0.1) is 0 Å². The first-order chi connectivity index (χ1) is 9.70. The van der Waals surface area contributed by atoms with Crippen molar-refractivity contribution in [3.05, 3.63) is 41.2 Å². The number of methoxy groups -OCH3 is 1. The van der Waals surface area contributed by atoms with Crippen molar-refractivity contribution in [1.82, 2.24) is 14.9 Å². The molecule has 1 aromatic heterocycles. The van der Waals surface area contributed by atoms with Gasteiger partial charge in [0.15, 0.2) is 5.16 Å². The third kappa shape index (κ3) is 4.24. The normalized spacial score (nSPS) is 10.9. The first-order valence-electron chi connectivity index (χ1n) is 6.34. The number of benzene rings is 1. The van der Waals surface area contributed by atoms with Crippen LogP contribution in [-0.4, -0.2) is 29.8 Å². The fourth-order valence-electron chi connectivity index (χ4n) is 1.72. The second-order valence-electron chi connectivity index (χ2n) is 4.34. The molecule has 1 aromatic carbocycles. The summed E-state index contributed by atoms with van der Waals surface area (Å²) in [5.74, 6) is 0. The Kier molecular flexibility index (Phi) is 5.91. The van der Waals surface area contributed by atoms with E-state index < -0.39 is 0 Å². The summed E-state index contributed by atoms with van der Waals surface area (Å²) < 4.78 is 7.02. The largest absolute Gasteiger partial charge is 0.383 e. The van der Waals surface area contributed by atoms with Gasteiger partial charge < -0.3 is 14.6 Å². The van der Waals surface area contributed by atoms with Crippen molar-refractivity contribution in [3.8, 4) is 0 Å². The molecule has 1 N–H and O–H groups in total. The number of nitrogens with zero attached hydrogens (tertiary/aromatic N) is 2. The maximum absolute atomic E-state index is 6.10. The summed E-state index contributed by atoms with van der Waals surface area (Å²) in [5, 5.41) is 5.04. The molecule has 0 bridgehead atoms. The summed E-state index contributed by atoms with van der Waals surface area (Å²) in [4.78, 5) is 5.46. The number of hydrogen-bond donors (Lipinski definition) is 1. The molecule has 0 fully saturated rings. The molecule has 20 heavy (non-hydrogen) atoms. The second kappa shape index (κ2) is 7.69. The van der Waals surface area contributed by atoms with E-state index in [9.17, 15) is 0 Å². The number of halogens is 1. The zero-order chi connectivity index (χ0) is 14.4. The van der Waals surface area contributed by atoms with Crippen LogP contribution in [0, 0.1) is 0 Å². The van der Waals surface area contributed by atoms with E-state index in [1.54, 1.807) is 25.1 Å². The van der Waals surface area contributed by atoms with Crippen molar-refractivity contribution in [1.29, 1.82) is 0 Å². The van der Waals surface area contributed by atoms with Gasteiger partial charge in [0.25, 0.3) is 0 Å². The molecule has 2 rings (SSSR count). The molecular formula is C14H18ClN3OS. The minimum absolute atomic E-state index is 0.704. The van der Waals surface area contributed by atoms with Crippen LogP contribution < -0.4 is 5.32 Å². The molecule has 4 nitrogen and oxygen atoms in total. The van der Waals surface area contributed by atoms with E-state index in [0.29, 0.717) is 6.61 Å². The Morgan fingerprint density at radius 1 is 1.45 bits per heavy atom. The van der Waals surface area contributed by atoms with E-state index in [2.05, 4.69) is 10.3 Å². The highest BCUT2D eigenvalue weighted by molar-refractivity contribution is 7.99. The SMILES string of the molecule is COCCNCc1ccc(Cl)cc1Sc1nccn1C. The van der Waals surface area contributed by atoms with Gasteiger partial charge in [-0.25, -0.2) is 4.98 Å². The van der Waals surface area contributed by atoms with Gasteiger partial charge in [-0.05, 0) is 17.7 Å². The zero-order valence-corrected chi connectivity index (χ0v) is 13.2. The fraction of sp³-hybridized carbons (Fsp3) is 0.357. The third-order valence-corrected chi connectivity index (χ3v) is 4.22. The van der Waals surface area contributed by atoms with Gasteiger partial charge >= 0.3 is 0 Å². The standard InChI is InChI=1S/C14H18ClN3OS/c1-18-7-5-17-14(18)20-13-9-12(15)4-3-11(13)10-16-6-8-19-2/h3-5,7,9,16H,6,8,10H2,1-2H3. The van der Waals surface area contributed by atoms with E-state index in [0.717, 1.165) is 28.2 Å². The number of aryl methyl sites for hydroxylation is 1. The summed E-state index contributed by atoms with van der Waals surface area (Å²) in [6.07, 6.45) is 3.73. The number of rotatable bonds is 7. The van der Waals surface area contributed by atoms with E-state index in [1.165, 1.54) is 5.56 Å². The maximum atomic E-state index is 6.10. The Labute approximate surface area is 128 Å². The monoisotopic (exact) mass is 311 g/mol. The zero-order valence-electron chi connectivity index (χ0n) is 11.6. The topological polar surface area (TPSA) is 39.1 Å². The molecule has 2 aromatic rings. The van der Waals surface area contributed by atoms with Gasteiger partial charge in [-0.1, -0.05) is 29.4 Å². The predicted octanol–water partition coefficient (Wildman–Crippen LogP) is 2.96. The van der Waals surface area contributed by atoms with Crippen molar-refractivity contribution in [2.75, 3.05) is 20.3 Å². The first kappa shape index (κ1) is 15.4. The molecule has 0 spiro atoms. The fourth-order valence-corrected chi connectivity index (χ4v) is 2.92. The van der Waals surface area contributed by atoms with Crippen LogP contribution in [0.25, 0.3) is 0 Å². The van der Waals surface area contributed by atoms with Crippen LogP contribution in [0.1, 0.15) is 5.56 Å². The van der Waals surface area contributed by atoms with E-state index in [-0.39, 0.29) is 0 Å². The molecule has 108 valence electrons. The molecule has 0 saturated carbocycles. The highest BCUT2D eigenvalue weighted by atomic mass is 35.5. The Balaban J connectivity index is 2.09. The van der Waals surface area contributed by atoms with Gasteiger partial charge in [0.2, 0.25) is 0 Å². The summed E-state index contributed by atoms with van der Waals surface area (Å²) in [7, 11) is 3.68. The lowest BCUT2D eigenvalue weighted by molar-refractivity contribution is 0.199. The Bertz CT molecular complexity index is 559. The quantitative estimate of drug-likeness (QED) is 0.798. The highest BCUT2D eigenvalue weighted by Crippen LogP contribution is 2.31. The highest BCUT2D eigenvalue weighted by Gasteiger charge is 2.08. The van der Waals surface area contributed by atoms with Crippen LogP contribution in [0.15, 0.2) is 40.6 Å². The molecule has 0 radical (unpaired) electrons. The first-order valence-corrected chi connectivity index (χ1v) is 7.53. The lowest BCUT2D eigenvalue weighted by Gasteiger charge is -2.10. The van der Waals surface area contributed by atoms with Gasteiger partial charge in [0.05, 0.1) is 6.61 Å². The van der Waals surface area contributed by atoms with E-state index in [4.69, 9.17) is 16.3 Å². The minimum atomic E-state index is 0.704. The molecule has 0 saturated heterocycles. The smallest absolute Gasteiger partial charge is 0.172 e. The lowest BCUT2D eigenvalue weighted by atomic mass is 10.2. The van der Waals surface area contributed by atoms with Gasteiger partial charge in [0, 0.05) is 49.6 Å². The van der Waals surface area contributed by atoms with Gasteiger partial charge in [-0.2, -0.15) is 0 Å². The Morgan fingerprint density at radius 3 is 3.00 bits per heavy atom. The van der Waals surface area contributed by atoms with Crippen molar-refractivity contribution < 1.29 is 4.74 Å². The summed E-state index contributed by atoms with van der Waals surface area (Å²) in [5.41, 5.74) is 1.21. The van der Waals surface area contributed by atoms with Gasteiger partial charge in [-0.3, -0.25) is 0 Å². The molecule has 6 heteroatoms. The third-order valence-electron chi connectivity index (χ3n) is 2.81. The minimum Gasteiger partial charge on any atom is -0.383 e. The molecule has 0 unspecified atom stereocenters. The van der Waals surface area contributed by atoms with E-state index in [1.807, 2.05) is 36.0 Å². The summed E-state index contributed by atoms with van der Waals surface area (Å²) >= 11 is 7.72. The number of imidazole rings is 1. The molecule has 0 aliphatic rings. The number of ether oxygens (including phenoxy) is 1. The number of hydrogen-bond acceptors (Lipinski definition) is 4. The second-order valence-corrected chi connectivity index (χ2v) is 5.79. The van der Waals surface area contributed by atoms with E-state index >= 15 is 0 Å². The van der Waals surface area contributed by atoms with Crippen LogP contribution >= 0.6 is 23.4 Å². The van der Waals surface area contributed by atoms with Crippen LogP contribution in [0.3, 0.4) is 0 Å². The molecular weight excluding hydrogens is 294 g/mol. The van der Waals surface area contributed by atoms with Crippen LogP contribution in [-0.2, 0) is 18.3 Å². The average molecular weight is 312 g/mol. The van der Waals surface area contributed by atoms with Gasteiger partial charge in [0.1, 0.15) is 0 Å². The van der Waals surface area contributed by atoms with Crippen molar-refractivity contribution in [3.63, 3.8) is 0 Å². The van der Waals surface area contributed by atoms with Crippen LogP contribution in [0.2, 0.25) is 5.02 Å². The predicted molar refractivity (Wildman–Crippen MR) is 82.4 cm³/mol. The van der Waals surface area contributed by atoms with Crippen molar-refractivity contribution >= 4 is 23.4 Å². The van der Waals surface area contributed by atoms with Crippen molar-refractivity contribution in [2.45, 2.75) is 16.6 Å². The molecule has 0 aliphatic carbocycles. The maximum Gasteiger partial charge on any atom is 0.172 e. The molecule has 0 atom stereocenters.